The lowest BCUT2D eigenvalue weighted by Gasteiger charge is -2.47. The van der Waals surface area contributed by atoms with Crippen molar-refractivity contribution in [2.45, 2.75) is 57.7 Å². The molecule has 1 saturated heterocycles. The standard InChI is InChI=1S/C12H25NSi/c1-6-11(2)14(5)13-10-8-7-9-12(13,3)4/h6,11,14H,1,7-10H2,2-5H3. The van der Waals surface area contributed by atoms with Gasteiger partial charge < -0.3 is 4.57 Å². The molecule has 2 atom stereocenters. The number of allylic oxidation sites excluding steroid dienone is 1. The van der Waals surface area contributed by atoms with Crippen LogP contribution in [0.15, 0.2) is 12.7 Å². The molecule has 0 aromatic rings. The maximum Gasteiger partial charge on any atom is 0.115 e. The summed E-state index contributed by atoms with van der Waals surface area (Å²) in [7, 11) is -0.787. The minimum absolute atomic E-state index is 0.446. The highest BCUT2D eigenvalue weighted by atomic mass is 28.3. The molecule has 0 aromatic carbocycles. The van der Waals surface area contributed by atoms with E-state index in [1.807, 2.05) is 0 Å². The molecule has 1 rings (SSSR count). The molecule has 14 heavy (non-hydrogen) atoms. The molecule has 0 aromatic heterocycles. The Balaban J connectivity index is 2.68. The molecule has 0 saturated carbocycles. The average Bonchev–Trinajstić information content (AvgIpc) is 2.15. The first kappa shape index (κ1) is 12.0. The largest absolute Gasteiger partial charge is 0.321 e. The predicted molar refractivity (Wildman–Crippen MR) is 67.3 cm³/mol. The van der Waals surface area contributed by atoms with Crippen molar-refractivity contribution in [3.05, 3.63) is 12.7 Å². The Labute approximate surface area is 90.9 Å². The van der Waals surface area contributed by atoms with E-state index in [2.05, 4.69) is 44.5 Å². The van der Waals surface area contributed by atoms with Gasteiger partial charge in [0, 0.05) is 5.54 Å². The Morgan fingerprint density at radius 2 is 2.07 bits per heavy atom. The van der Waals surface area contributed by atoms with Crippen molar-refractivity contribution in [3.63, 3.8) is 0 Å². The first-order valence-corrected chi connectivity index (χ1v) is 8.22. The van der Waals surface area contributed by atoms with Crippen molar-refractivity contribution in [3.8, 4) is 0 Å². The third-order valence-corrected chi connectivity index (χ3v) is 7.57. The van der Waals surface area contributed by atoms with Gasteiger partial charge in [-0.25, -0.2) is 0 Å². The fourth-order valence-corrected chi connectivity index (χ4v) is 5.30. The lowest BCUT2D eigenvalue weighted by Crippen LogP contribution is -2.55. The fourth-order valence-electron chi connectivity index (χ4n) is 2.52. The molecule has 2 unspecified atom stereocenters. The normalized spacial score (nSPS) is 26.9. The molecule has 0 aliphatic carbocycles. The van der Waals surface area contributed by atoms with Gasteiger partial charge in [0.25, 0.3) is 0 Å². The summed E-state index contributed by atoms with van der Waals surface area (Å²) in [5, 5.41) is 0. The van der Waals surface area contributed by atoms with E-state index in [1.54, 1.807) is 0 Å². The molecule has 1 heterocycles. The molecule has 82 valence electrons. The van der Waals surface area contributed by atoms with Crippen LogP contribution >= 0.6 is 0 Å². The Hall–Kier alpha value is -0.0831. The van der Waals surface area contributed by atoms with Crippen molar-refractivity contribution in [2.75, 3.05) is 6.54 Å². The summed E-state index contributed by atoms with van der Waals surface area (Å²) in [5.41, 5.74) is 1.17. The van der Waals surface area contributed by atoms with Crippen LogP contribution in [0.3, 0.4) is 0 Å². The van der Waals surface area contributed by atoms with Crippen molar-refractivity contribution >= 4 is 8.96 Å². The van der Waals surface area contributed by atoms with Gasteiger partial charge in [-0.2, -0.15) is 0 Å². The summed E-state index contributed by atoms with van der Waals surface area (Å²) >= 11 is 0. The van der Waals surface area contributed by atoms with E-state index in [1.165, 1.54) is 25.8 Å². The van der Waals surface area contributed by atoms with Crippen LogP contribution in [0, 0.1) is 0 Å². The summed E-state index contributed by atoms with van der Waals surface area (Å²) in [6.45, 7) is 14.9. The van der Waals surface area contributed by atoms with E-state index < -0.39 is 8.96 Å². The number of hydrogen-bond donors (Lipinski definition) is 0. The van der Waals surface area contributed by atoms with Gasteiger partial charge in [0.05, 0.1) is 0 Å². The molecule has 1 fully saturated rings. The van der Waals surface area contributed by atoms with Crippen LogP contribution in [0.5, 0.6) is 0 Å². The molecule has 0 spiro atoms. The molecule has 1 aliphatic rings. The third kappa shape index (κ3) is 2.48. The Kier molecular flexibility index (Phi) is 3.96. The Morgan fingerprint density at radius 1 is 1.43 bits per heavy atom. The van der Waals surface area contributed by atoms with E-state index >= 15 is 0 Å². The van der Waals surface area contributed by atoms with Crippen molar-refractivity contribution in [2.24, 2.45) is 0 Å². The maximum absolute atomic E-state index is 3.93. The van der Waals surface area contributed by atoms with Crippen LogP contribution in [0.25, 0.3) is 0 Å². The van der Waals surface area contributed by atoms with Gasteiger partial charge >= 0.3 is 0 Å². The summed E-state index contributed by atoms with van der Waals surface area (Å²) in [6.07, 6.45) is 6.31. The van der Waals surface area contributed by atoms with Crippen LogP contribution in [0.1, 0.15) is 40.0 Å². The number of rotatable bonds is 3. The third-order valence-electron chi connectivity index (χ3n) is 3.84. The SMILES string of the molecule is C=CC(C)[SiH](C)N1CCCCC1(C)C. The topological polar surface area (TPSA) is 3.24 Å². The van der Waals surface area contributed by atoms with Gasteiger partial charge in [0.15, 0.2) is 0 Å². The van der Waals surface area contributed by atoms with E-state index in [4.69, 9.17) is 0 Å². The quantitative estimate of drug-likeness (QED) is 0.512. The highest BCUT2D eigenvalue weighted by Gasteiger charge is 2.34. The van der Waals surface area contributed by atoms with Gasteiger partial charge in [0.2, 0.25) is 0 Å². The maximum atomic E-state index is 3.93. The second-order valence-corrected chi connectivity index (χ2v) is 8.45. The zero-order valence-corrected chi connectivity index (χ0v) is 11.4. The highest BCUT2D eigenvalue weighted by molar-refractivity contribution is 6.56. The van der Waals surface area contributed by atoms with Gasteiger partial charge in [-0.05, 0) is 38.8 Å². The number of piperidine rings is 1. The molecule has 0 N–H and O–H groups in total. The van der Waals surface area contributed by atoms with E-state index in [0.717, 1.165) is 5.54 Å². The van der Waals surface area contributed by atoms with Crippen LogP contribution < -0.4 is 0 Å². The van der Waals surface area contributed by atoms with Gasteiger partial charge in [-0.1, -0.05) is 26.0 Å². The highest BCUT2D eigenvalue weighted by Crippen LogP contribution is 2.31. The monoisotopic (exact) mass is 211 g/mol. The molecule has 0 amide bonds. The van der Waals surface area contributed by atoms with E-state index in [9.17, 15) is 0 Å². The Bertz CT molecular complexity index is 200. The lowest BCUT2D eigenvalue weighted by molar-refractivity contribution is 0.164. The molecule has 1 nitrogen and oxygen atoms in total. The van der Waals surface area contributed by atoms with E-state index in [0.29, 0.717) is 5.54 Å². The first-order valence-electron chi connectivity index (χ1n) is 5.88. The Morgan fingerprint density at radius 3 is 2.57 bits per heavy atom. The molecular weight excluding hydrogens is 186 g/mol. The molecule has 0 radical (unpaired) electrons. The smallest absolute Gasteiger partial charge is 0.115 e. The van der Waals surface area contributed by atoms with Gasteiger partial charge in [0.1, 0.15) is 8.96 Å². The number of nitrogens with zero attached hydrogens (tertiary/aromatic N) is 1. The van der Waals surface area contributed by atoms with Gasteiger partial charge in [-0.3, -0.25) is 0 Å². The molecular formula is C12H25NSi. The second-order valence-electron chi connectivity index (χ2n) is 5.30. The molecule has 0 bridgehead atoms. The van der Waals surface area contributed by atoms with Crippen LogP contribution in [0.4, 0.5) is 0 Å². The summed E-state index contributed by atoms with van der Waals surface area (Å²) in [4.78, 5) is 0. The lowest BCUT2D eigenvalue weighted by atomic mass is 9.93. The predicted octanol–water partition coefficient (Wildman–Crippen LogP) is 3.18. The van der Waals surface area contributed by atoms with Crippen molar-refractivity contribution in [1.82, 2.24) is 4.57 Å². The van der Waals surface area contributed by atoms with Gasteiger partial charge in [-0.15, -0.1) is 6.58 Å². The van der Waals surface area contributed by atoms with Crippen LogP contribution in [-0.2, 0) is 0 Å². The van der Waals surface area contributed by atoms with E-state index in [-0.39, 0.29) is 0 Å². The summed E-state index contributed by atoms with van der Waals surface area (Å²) < 4.78 is 2.79. The fraction of sp³-hybridized carbons (Fsp3) is 0.833. The average molecular weight is 211 g/mol. The molecule has 1 aliphatic heterocycles. The van der Waals surface area contributed by atoms with Crippen molar-refractivity contribution in [1.29, 1.82) is 0 Å². The van der Waals surface area contributed by atoms with Crippen LogP contribution in [0.2, 0.25) is 12.1 Å². The minimum atomic E-state index is -0.787. The first-order chi connectivity index (χ1) is 6.49. The molecule has 2 heteroatoms. The zero-order chi connectivity index (χ0) is 10.8. The number of hydrogen-bond acceptors (Lipinski definition) is 1. The minimum Gasteiger partial charge on any atom is -0.321 e. The van der Waals surface area contributed by atoms with Crippen molar-refractivity contribution < 1.29 is 0 Å². The summed E-state index contributed by atoms with van der Waals surface area (Å²) in [6, 6.07) is 0. The zero-order valence-electron chi connectivity index (χ0n) is 10.2. The van der Waals surface area contributed by atoms with Crippen LogP contribution in [-0.4, -0.2) is 25.6 Å². The second kappa shape index (κ2) is 4.62. The summed E-state index contributed by atoms with van der Waals surface area (Å²) in [5.74, 6) is 0.